The topological polar surface area (TPSA) is 53.7 Å². The van der Waals surface area contributed by atoms with E-state index in [1.807, 2.05) is 12.1 Å². The van der Waals surface area contributed by atoms with Crippen molar-refractivity contribution < 1.29 is 14.2 Å². The molecule has 0 atom stereocenters. The first-order valence-corrected chi connectivity index (χ1v) is 5.20. The highest BCUT2D eigenvalue weighted by molar-refractivity contribution is 5.50. The minimum absolute atomic E-state index is 0.463. The van der Waals surface area contributed by atoms with Gasteiger partial charge < -0.3 is 19.9 Å². The van der Waals surface area contributed by atoms with Crippen LogP contribution in [0.5, 0.6) is 11.5 Å². The molecule has 0 aliphatic carbocycles. The second-order valence-electron chi connectivity index (χ2n) is 3.41. The Balaban J connectivity index is 3.19. The number of nitrogens with two attached hydrogens (primary N) is 1. The van der Waals surface area contributed by atoms with Gasteiger partial charge in [-0.05, 0) is 24.6 Å². The molecule has 0 saturated heterocycles. The number of rotatable bonds is 6. The molecule has 2 N–H and O–H groups in total. The SMILES string of the molecule is COCc1c(OC)ccc(CCN)c1OC. The summed E-state index contributed by atoms with van der Waals surface area (Å²) in [4.78, 5) is 0. The van der Waals surface area contributed by atoms with Crippen molar-refractivity contribution in [1.29, 1.82) is 0 Å². The van der Waals surface area contributed by atoms with E-state index in [-0.39, 0.29) is 0 Å². The summed E-state index contributed by atoms with van der Waals surface area (Å²) in [7, 11) is 4.93. The third-order valence-corrected chi connectivity index (χ3v) is 2.43. The highest BCUT2D eigenvalue weighted by Gasteiger charge is 2.14. The largest absolute Gasteiger partial charge is 0.496 e. The molecule has 1 aromatic rings. The summed E-state index contributed by atoms with van der Waals surface area (Å²) in [5.41, 5.74) is 7.57. The van der Waals surface area contributed by atoms with Crippen LogP contribution in [0.4, 0.5) is 0 Å². The molecule has 0 bridgehead atoms. The van der Waals surface area contributed by atoms with Crippen LogP contribution >= 0.6 is 0 Å². The third-order valence-electron chi connectivity index (χ3n) is 2.43. The maximum atomic E-state index is 5.56. The second-order valence-corrected chi connectivity index (χ2v) is 3.41. The molecular formula is C12H19NO3. The average molecular weight is 225 g/mol. The Morgan fingerprint density at radius 1 is 1.12 bits per heavy atom. The second kappa shape index (κ2) is 6.35. The lowest BCUT2D eigenvalue weighted by Crippen LogP contribution is -2.07. The first kappa shape index (κ1) is 12.8. The van der Waals surface area contributed by atoms with Gasteiger partial charge in [-0.15, -0.1) is 0 Å². The lowest BCUT2D eigenvalue weighted by molar-refractivity contribution is 0.178. The Bertz CT molecular complexity index is 339. The predicted molar refractivity (Wildman–Crippen MR) is 63.0 cm³/mol. The summed E-state index contributed by atoms with van der Waals surface area (Å²) in [6.07, 6.45) is 0.782. The fraction of sp³-hybridized carbons (Fsp3) is 0.500. The van der Waals surface area contributed by atoms with Crippen LogP contribution in [0, 0.1) is 0 Å². The number of benzene rings is 1. The number of hydrogen-bond acceptors (Lipinski definition) is 4. The lowest BCUT2D eigenvalue weighted by Gasteiger charge is -2.16. The maximum Gasteiger partial charge on any atom is 0.131 e. The molecule has 0 amide bonds. The van der Waals surface area contributed by atoms with Crippen LogP contribution < -0.4 is 15.2 Å². The minimum atomic E-state index is 0.463. The molecule has 0 radical (unpaired) electrons. The average Bonchev–Trinajstić information content (AvgIpc) is 2.30. The van der Waals surface area contributed by atoms with Crippen molar-refractivity contribution in [1.82, 2.24) is 0 Å². The molecule has 0 fully saturated rings. The van der Waals surface area contributed by atoms with E-state index in [0.717, 1.165) is 29.0 Å². The molecule has 90 valence electrons. The van der Waals surface area contributed by atoms with Gasteiger partial charge in [-0.2, -0.15) is 0 Å². The molecule has 0 spiro atoms. The highest BCUT2D eigenvalue weighted by atomic mass is 16.5. The van der Waals surface area contributed by atoms with E-state index in [2.05, 4.69) is 0 Å². The van der Waals surface area contributed by atoms with Crippen LogP contribution in [0.15, 0.2) is 12.1 Å². The number of hydrogen-bond donors (Lipinski definition) is 1. The summed E-state index contributed by atoms with van der Waals surface area (Å²) >= 11 is 0. The van der Waals surface area contributed by atoms with Crippen LogP contribution in [0.1, 0.15) is 11.1 Å². The van der Waals surface area contributed by atoms with Crippen molar-refractivity contribution in [3.8, 4) is 11.5 Å². The Morgan fingerprint density at radius 2 is 1.88 bits per heavy atom. The lowest BCUT2D eigenvalue weighted by atomic mass is 10.1. The van der Waals surface area contributed by atoms with Gasteiger partial charge in [0, 0.05) is 7.11 Å². The van der Waals surface area contributed by atoms with E-state index >= 15 is 0 Å². The standard InChI is InChI=1S/C12H19NO3/c1-14-8-10-11(15-2)5-4-9(6-7-13)12(10)16-3/h4-5H,6-8,13H2,1-3H3. The number of methoxy groups -OCH3 is 3. The summed E-state index contributed by atoms with van der Waals surface area (Å²) in [5, 5.41) is 0. The smallest absolute Gasteiger partial charge is 0.131 e. The Kier molecular flexibility index (Phi) is 5.08. The molecule has 4 nitrogen and oxygen atoms in total. The van der Waals surface area contributed by atoms with E-state index in [0.29, 0.717) is 13.2 Å². The molecule has 1 aromatic carbocycles. The van der Waals surface area contributed by atoms with Gasteiger partial charge >= 0.3 is 0 Å². The van der Waals surface area contributed by atoms with Crippen molar-refractivity contribution in [2.75, 3.05) is 27.9 Å². The minimum Gasteiger partial charge on any atom is -0.496 e. The van der Waals surface area contributed by atoms with Gasteiger partial charge in [0.15, 0.2) is 0 Å². The Morgan fingerprint density at radius 3 is 2.38 bits per heavy atom. The van der Waals surface area contributed by atoms with E-state index in [1.54, 1.807) is 21.3 Å². The zero-order chi connectivity index (χ0) is 12.0. The monoisotopic (exact) mass is 225 g/mol. The van der Waals surface area contributed by atoms with Crippen LogP contribution in [-0.4, -0.2) is 27.9 Å². The predicted octanol–water partition coefficient (Wildman–Crippen LogP) is 1.35. The first-order chi connectivity index (χ1) is 7.78. The van der Waals surface area contributed by atoms with E-state index in [9.17, 15) is 0 Å². The number of ether oxygens (including phenoxy) is 3. The highest BCUT2D eigenvalue weighted by Crippen LogP contribution is 2.32. The van der Waals surface area contributed by atoms with Gasteiger partial charge in [-0.3, -0.25) is 0 Å². The van der Waals surface area contributed by atoms with Crippen molar-refractivity contribution in [2.24, 2.45) is 5.73 Å². The normalized spacial score (nSPS) is 10.2. The van der Waals surface area contributed by atoms with Crippen molar-refractivity contribution in [2.45, 2.75) is 13.0 Å². The van der Waals surface area contributed by atoms with Gasteiger partial charge in [-0.1, -0.05) is 6.07 Å². The first-order valence-electron chi connectivity index (χ1n) is 5.20. The molecule has 0 aromatic heterocycles. The fourth-order valence-corrected chi connectivity index (χ4v) is 1.74. The maximum absolute atomic E-state index is 5.56. The van der Waals surface area contributed by atoms with Crippen molar-refractivity contribution >= 4 is 0 Å². The van der Waals surface area contributed by atoms with Gasteiger partial charge in [0.25, 0.3) is 0 Å². The molecule has 0 aliphatic heterocycles. The van der Waals surface area contributed by atoms with Crippen LogP contribution in [-0.2, 0) is 17.8 Å². The van der Waals surface area contributed by atoms with Crippen molar-refractivity contribution in [3.05, 3.63) is 23.3 Å². The van der Waals surface area contributed by atoms with Crippen LogP contribution in [0.25, 0.3) is 0 Å². The van der Waals surface area contributed by atoms with Crippen molar-refractivity contribution in [3.63, 3.8) is 0 Å². The van der Waals surface area contributed by atoms with Crippen LogP contribution in [0.2, 0.25) is 0 Å². The Labute approximate surface area is 96.3 Å². The molecule has 0 aliphatic rings. The third kappa shape index (κ3) is 2.65. The zero-order valence-corrected chi connectivity index (χ0v) is 10.1. The van der Waals surface area contributed by atoms with Gasteiger partial charge in [0.2, 0.25) is 0 Å². The van der Waals surface area contributed by atoms with Gasteiger partial charge in [0.1, 0.15) is 11.5 Å². The van der Waals surface area contributed by atoms with Crippen LogP contribution in [0.3, 0.4) is 0 Å². The van der Waals surface area contributed by atoms with Gasteiger partial charge in [0.05, 0.1) is 26.4 Å². The van der Waals surface area contributed by atoms with E-state index < -0.39 is 0 Å². The van der Waals surface area contributed by atoms with Gasteiger partial charge in [-0.25, -0.2) is 0 Å². The summed E-state index contributed by atoms with van der Waals surface area (Å²) < 4.78 is 15.8. The molecule has 0 heterocycles. The Hall–Kier alpha value is -1.26. The zero-order valence-electron chi connectivity index (χ0n) is 10.1. The molecular weight excluding hydrogens is 206 g/mol. The molecule has 16 heavy (non-hydrogen) atoms. The summed E-state index contributed by atoms with van der Waals surface area (Å²) in [5.74, 6) is 1.59. The quantitative estimate of drug-likeness (QED) is 0.794. The fourth-order valence-electron chi connectivity index (χ4n) is 1.74. The molecule has 1 rings (SSSR count). The molecule has 4 heteroatoms. The van der Waals surface area contributed by atoms with E-state index in [1.165, 1.54) is 0 Å². The molecule has 0 unspecified atom stereocenters. The molecule has 0 saturated carbocycles. The van der Waals surface area contributed by atoms with E-state index in [4.69, 9.17) is 19.9 Å². The summed E-state index contributed by atoms with van der Waals surface area (Å²) in [6, 6.07) is 3.89. The summed E-state index contributed by atoms with van der Waals surface area (Å²) in [6.45, 7) is 1.06.